The molecule has 0 saturated heterocycles. The topological polar surface area (TPSA) is 35.5 Å². The van der Waals surface area contributed by atoms with E-state index in [1.807, 2.05) is 42.5 Å². The second kappa shape index (κ2) is 10.5. The monoisotopic (exact) mass is 340 g/mol. The second-order valence-electron chi connectivity index (χ2n) is 6.36. The Hall–Kier alpha value is -2.29. The van der Waals surface area contributed by atoms with Gasteiger partial charge >= 0.3 is 5.97 Å². The van der Waals surface area contributed by atoms with Crippen molar-refractivity contribution in [1.29, 1.82) is 0 Å². The largest absolute Gasteiger partial charge is 0.491 e. The number of rotatable bonds is 10. The molecule has 1 atom stereocenters. The smallest absolute Gasteiger partial charge is 0.338 e. The van der Waals surface area contributed by atoms with Gasteiger partial charge in [0.2, 0.25) is 0 Å². The summed E-state index contributed by atoms with van der Waals surface area (Å²) in [7, 11) is 0. The van der Waals surface area contributed by atoms with Crippen LogP contribution in [-0.4, -0.2) is 12.1 Å². The maximum absolute atomic E-state index is 12.1. The highest BCUT2D eigenvalue weighted by molar-refractivity contribution is 5.89. The van der Waals surface area contributed by atoms with Crippen molar-refractivity contribution in [2.45, 2.75) is 58.7 Å². The van der Waals surface area contributed by atoms with Crippen molar-refractivity contribution in [2.24, 2.45) is 0 Å². The molecule has 0 amide bonds. The van der Waals surface area contributed by atoms with Gasteiger partial charge in [-0.25, -0.2) is 4.79 Å². The molecule has 0 unspecified atom stereocenters. The number of hydrogen-bond acceptors (Lipinski definition) is 3. The van der Waals surface area contributed by atoms with E-state index in [0.717, 1.165) is 17.7 Å². The van der Waals surface area contributed by atoms with Crippen LogP contribution in [0.5, 0.6) is 5.75 Å². The second-order valence-corrected chi connectivity index (χ2v) is 6.36. The van der Waals surface area contributed by atoms with Crippen molar-refractivity contribution in [2.75, 3.05) is 0 Å². The predicted octanol–water partition coefficient (Wildman–Crippen LogP) is 5.78. The van der Waals surface area contributed by atoms with Crippen LogP contribution in [0.3, 0.4) is 0 Å². The van der Waals surface area contributed by atoms with Crippen LogP contribution in [0.15, 0.2) is 54.6 Å². The van der Waals surface area contributed by atoms with Gasteiger partial charge in [-0.15, -0.1) is 0 Å². The highest BCUT2D eigenvalue weighted by atomic mass is 16.5. The maximum Gasteiger partial charge on any atom is 0.338 e. The van der Waals surface area contributed by atoms with E-state index in [-0.39, 0.29) is 18.7 Å². The molecule has 2 rings (SSSR count). The molecule has 134 valence electrons. The molecule has 0 aliphatic heterocycles. The summed E-state index contributed by atoms with van der Waals surface area (Å²) >= 11 is 0. The van der Waals surface area contributed by atoms with Crippen LogP contribution in [0, 0.1) is 0 Å². The number of esters is 1. The molecule has 0 aromatic heterocycles. The summed E-state index contributed by atoms with van der Waals surface area (Å²) in [4.78, 5) is 12.1. The van der Waals surface area contributed by atoms with E-state index in [4.69, 9.17) is 9.47 Å². The van der Waals surface area contributed by atoms with E-state index in [9.17, 15) is 4.79 Å². The lowest BCUT2D eigenvalue weighted by Crippen LogP contribution is -2.11. The molecule has 0 heterocycles. The zero-order valence-corrected chi connectivity index (χ0v) is 15.2. The van der Waals surface area contributed by atoms with Gasteiger partial charge < -0.3 is 9.47 Å². The van der Waals surface area contributed by atoms with Crippen LogP contribution in [-0.2, 0) is 11.3 Å². The molecule has 3 nitrogen and oxygen atoms in total. The lowest BCUT2D eigenvalue weighted by atomic mass is 10.1. The van der Waals surface area contributed by atoms with Crippen molar-refractivity contribution in [3.05, 3.63) is 65.7 Å². The first-order valence-corrected chi connectivity index (χ1v) is 9.17. The van der Waals surface area contributed by atoms with Crippen LogP contribution >= 0.6 is 0 Å². The Bertz CT molecular complexity index is 619. The first-order valence-electron chi connectivity index (χ1n) is 9.17. The van der Waals surface area contributed by atoms with Crippen LogP contribution in [0.1, 0.15) is 61.9 Å². The Morgan fingerprint density at radius 2 is 1.68 bits per heavy atom. The molecule has 0 N–H and O–H groups in total. The summed E-state index contributed by atoms with van der Waals surface area (Å²) < 4.78 is 11.2. The van der Waals surface area contributed by atoms with Crippen molar-refractivity contribution in [3.63, 3.8) is 0 Å². The number of unbranched alkanes of at least 4 members (excludes halogenated alkanes) is 3. The summed E-state index contributed by atoms with van der Waals surface area (Å²) in [5.74, 6) is 0.477. The molecular weight excluding hydrogens is 312 g/mol. The lowest BCUT2D eigenvalue weighted by Gasteiger charge is -2.14. The van der Waals surface area contributed by atoms with Gasteiger partial charge in [0, 0.05) is 0 Å². The van der Waals surface area contributed by atoms with Crippen molar-refractivity contribution in [3.8, 4) is 5.75 Å². The summed E-state index contributed by atoms with van der Waals surface area (Å²) in [5, 5.41) is 0. The molecule has 3 heteroatoms. The number of hydrogen-bond donors (Lipinski definition) is 0. The molecule has 0 spiro atoms. The molecule has 0 aliphatic carbocycles. The van der Waals surface area contributed by atoms with E-state index in [1.54, 1.807) is 12.1 Å². The zero-order chi connectivity index (χ0) is 17.9. The Kier molecular flexibility index (Phi) is 8.03. The zero-order valence-electron chi connectivity index (χ0n) is 15.2. The number of carbonyl (C=O) groups is 1. The van der Waals surface area contributed by atoms with Gasteiger partial charge in [-0.1, -0.05) is 56.5 Å². The summed E-state index contributed by atoms with van der Waals surface area (Å²) in [6.45, 7) is 4.59. The van der Waals surface area contributed by atoms with E-state index in [1.165, 1.54) is 25.7 Å². The van der Waals surface area contributed by atoms with Crippen LogP contribution < -0.4 is 4.74 Å². The van der Waals surface area contributed by atoms with Gasteiger partial charge in [0.05, 0.1) is 11.7 Å². The minimum atomic E-state index is -0.317. The van der Waals surface area contributed by atoms with E-state index in [0.29, 0.717) is 5.56 Å². The first kappa shape index (κ1) is 19.0. The normalized spacial score (nSPS) is 11.8. The molecule has 2 aromatic carbocycles. The van der Waals surface area contributed by atoms with Crippen LogP contribution in [0.2, 0.25) is 0 Å². The molecule has 2 aromatic rings. The van der Waals surface area contributed by atoms with Gasteiger partial charge in [0.1, 0.15) is 12.4 Å². The Morgan fingerprint density at radius 1 is 0.960 bits per heavy atom. The molecule has 0 fully saturated rings. The average molecular weight is 340 g/mol. The molecule has 0 aliphatic rings. The average Bonchev–Trinajstić information content (AvgIpc) is 2.65. The number of benzene rings is 2. The third-order valence-electron chi connectivity index (χ3n) is 4.10. The van der Waals surface area contributed by atoms with Crippen molar-refractivity contribution < 1.29 is 14.3 Å². The molecule has 0 bridgehead atoms. The van der Waals surface area contributed by atoms with Gasteiger partial charge in [-0.2, -0.15) is 0 Å². The van der Waals surface area contributed by atoms with Crippen LogP contribution in [0.25, 0.3) is 0 Å². The third-order valence-corrected chi connectivity index (χ3v) is 4.10. The van der Waals surface area contributed by atoms with Crippen molar-refractivity contribution in [1.82, 2.24) is 0 Å². The Balaban J connectivity index is 1.77. The highest BCUT2D eigenvalue weighted by Gasteiger charge is 2.09. The van der Waals surface area contributed by atoms with E-state index < -0.39 is 0 Å². The predicted molar refractivity (Wildman–Crippen MR) is 101 cm³/mol. The fraction of sp³-hybridized carbons (Fsp3) is 0.409. The van der Waals surface area contributed by atoms with Crippen molar-refractivity contribution >= 4 is 5.97 Å². The fourth-order valence-electron chi connectivity index (χ4n) is 2.63. The molecule has 0 saturated carbocycles. The van der Waals surface area contributed by atoms with Crippen LogP contribution in [0.4, 0.5) is 0 Å². The molecular formula is C22H28O3. The maximum atomic E-state index is 12.1. The Labute approximate surface area is 151 Å². The number of carbonyl (C=O) groups excluding carboxylic acids is 1. The van der Waals surface area contributed by atoms with Gasteiger partial charge in [0.15, 0.2) is 0 Å². The Morgan fingerprint density at radius 3 is 2.36 bits per heavy atom. The fourth-order valence-corrected chi connectivity index (χ4v) is 2.63. The quantitative estimate of drug-likeness (QED) is 0.406. The minimum absolute atomic E-state index is 0.188. The van der Waals surface area contributed by atoms with E-state index in [2.05, 4.69) is 13.8 Å². The minimum Gasteiger partial charge on any atom is -0.491 e. The summed E-state index contributed by atoms with van der Waals surface area (Å²) in [5.41, 5.74) is 1.52. The highest BCUT2D eigenvalue weighted by Crippen LogP contribution is 2.17. The lowest BCUT2D eigenvalue weighted by molar-refractivity contribution is 0.0472. The molecule has 0 radical (unpaired) electrons. The van der Waals surface area contributed by atoms with Gasteiger partial charge in [-0.3, -0.25) is 0 Å². The standard InChI is InChI=1S/C22H28O3/c1-3-4-5-7-10-18(2)25-21-15-13-20(14-16-21)22(23)24-17-19-11-8-6-9-12-19/h6,8-9,11-16,18H,3-5,7,10,17H2,1-2H3/t18-/m1/s1. The number of ether oxygens (including phenoxy) is 2. The van der Waals surface area contributed by atoms with Gasteiger partial charge in [0.25, 0.3) is 0 Å². The van der Waals surface area contributed by atoms with E-state index >= 15 is 0 Å². The molecule has 25 heavy (non-hydrogen) atoms. The third kappa shape index (κ3) is 7.00. The van der Waals surface area contributed by atoms with Gasteiger partial charge in [-0.05, 0) is 49.6 Å². The first-order chi connectivity index (χ1) is 12.2. The summed E-state index contributed by atoms with van der Waals surface area (Å²) in [6, 6.07) is 16.9. The summed E-state index contributed by atoms with van der Waals surface area (Å²) in [6.07, 6.45) is 6.23. The SMILES string of the molecule is CCCCCC[C@@H](C)Oc1ccc(C(=O)OCc2ccccc2)cc1.